The molecule has 1 saturated heterocycles. The van der Waals surface area contributed by atoms with E-state index < -0.39 is 0 Å². The highest BCUT2D eigenvalue weighted by Crippen LogP contribution is 2.56. The van der Waals surface area contributed by atoms with E-state index in [2.05, 4.69) is 53.6 Å². The summed E-state index contributed by atoms with van der Waals surface area (Å²) in [6.45, 7) is 9.23. The zero-order chi connectivity index (χ0) is 25.0. The van der Waals surface area contributed by atoms with Crippen molar-refractivity contribution < 1.29 is 0 Å². The zero-order valence-corrected chi connectivity index (χ0v) is 22.8. The third-order valence-electron chi connectivity index (χ3n) is 8.45. The first-order valence-electron chi connectivity index (χ1n) is 13.2. The van der Waals surface area contributed by atoms with Gasteiger partial charge in [0.15, 0.2) is 0 Å². The maximum absolute atomic E-state index is 12.9. The van der Waals surface area contributed by atoms with Gasteiger partial charge in [-0.2, -0.15) is 4.98 Å². The number of rotatable bonds is 6. The summed E-state index contributed by atoms with van der Waals surface area (Å²) >= 11 is 8.13. The van der Waals surface area contributed by atoms with Gasteiger partial charge in [-0.1, -0.05) is 38.3 Å². The number of fused-ring (bicyclic) bond motifs is 1. The molecule has 1 aliphatic heterocycles. The Labute approximate surface area is 222 Å². The molecule has 0 radical (unpaired) electrons. The zero-order valence-electron chi connectivity index (χ0n) is 21.3. The summed E-state index contributed by atoms with van der Waals surface area (Å²) in [6, 6.07) is 8.32. The number of aromatic nitrogens is 3. The first-order chi connectivity index (χ1) is 17.3. The van der Waals surface area contributed by atoms with Gasteiger partial charge in [0, 0.05) is 41.3 Å². The lowest BCUT2D eigenvalue weighted by Crippen LogP contribution is -2.60. The Balaban J connectivity index is 1.16. The maximum atomic E-state index is 12.9. The summed E-state index contributed by atoms with van der Waals surface area (Å²) in [5.74, 6) is 2.24. The fraction of sp³-hybridized carbons (Fsp3) is 0.536. The molecular formula is C28H34ClN5OS. The van der Waals surface area contributed by atoms with E-state index in [1.165, 1.54) is 30.8 Å². The van der Waals surface area contributed by atoms with Gasteiger partial charge in [0.2, 0.25) is 5.95 Å². The van der Waals surface area contributed by atoms with E-state index in [-0.39, 0.29) is 16.6 Å². The van der Waals surface area contributed by atoms with Crippen molar-refractivity contribution in [1.82, 2.24) is 18.8 Å². The average molecular weight is 524 g/mol. The molecule has 1 spiro atoms. The third kappa shape index (κ3) is 4.44. The molecular weight excluding hydrogens is 490 g/mol. The quantitative estimate of drug-likeness (QED) is 0.351. The van der Waals surface area contributed by atoms with Crippen LogP contribution in [0.15, 0.2) is 40.2 Å². The second-order valence-corrected chi connectivity index (χ2v) is 13.1. The highest BCUT2D eigenvalue weighted by atomic mass is 35.5. The molecule has 0 unspecified atom stereocenters. The largest absolute Gasteiger partial charge is 0.324 e. The van der Waals surface area contributed by atoms with E-state index in [1.807, 2.05) is 11.9 Å². The van der Waals surface area contributed by atoms with Crippen molar-refractivity contribution in [1.29, 1.82) is 0 Å². The molecule has 190 valence electrons. The molecule has 36 heavy (non-hydrogen) atoms. The molecule has 3 heterocycles. The Hall–Kier alpha value is -2.09. The van der Waals surface area contributed by atoms with E-state index in [0.717, 1.165) is 54.2 Å². The van der Waals surface area contributed by atoms with Gasteiger partial charge < -0.3 is 5.32 Å². The van der Waals surface area contributed by atoms with Gasteiger partial charge in [0.25, 0.3) is 5.56 Å². The summed E-state index contributed by atoms with van der Waals surface area (Å²) < 4.78 is 4.29. The molecule has 0 atom stereocenters. The number of benzene rings is 1. The van der Waals surface area contributed by atoms with E-state index >= 15 is 0 Å². The van der Waals surface area contributed by atoms with Crippen LogP contribution in [-0.4, -0.2) is 31.9 Å². The first kappa shape index (κ1) is 24.3. The van der Waals surface area contributed by atoms with Crippen molar-refractivity contribution in [3.8, 4) is 0 Å². The van der Waals surface area contributed by atoms with Gasteiger partial charge in [-0.25, -0.2) is 9.29 Å². The van der Waals surface area contributed by atoms with Crippen LogP contribution in [0.3, 0.4) is 0 Å². The second-order valence-electron chi connectivity index (χ2n) is 11.5. The molecule has 1 aromatic carbocycles. The number of hydrogen-bond acceptors (Lipinski definition) is 6. The number of anilines is 2. The summed E-state index contributed by atoms with van der Waals surface area (Å²) in [7, 11) is 0. The number of pyridine rings is 1. The number of aryl methyl sites for hydroxylation is 1. The molecule has 3 fully saturated rings. The standard InChI is InChI=1S/C28H34ClN5OS/c1-17(2)20-12-28(13-20)15-33(16-28)36-22-8-9-24(18(3)10-22)31-27-30-14-19-11-23(29)26(35)34(25(19)32-27)21-6-4-5-7-21/h8-11,14,17,20-21H,4-7,12-13,15-16H2,1-3H3,(H,30,31,32). The smallest absolute Gasteiger partial charge is 0.271 e. The minimum atomic E-state index is -0.160. The molecule has 3 aromatic rings. The molecule has 3 aliphatic rings. The lowest BCUT2D eigenvalue weighted by Gasteiger charge is -2.59. The van der Waals surface area contributed by atoms with Crippen LogP contribution in [0.2, 0.25) is 5.02 Å². The van der Waals surface area contributed by atoms with Crippen LogP contribution in [0.5, 0.6) is 0 Å². The van der Waals surface area contributed by atoms with Crippen molar-refractivity contribution >= 4 is 46.2 Å². The second kappa shape index (κ2) is 9.34. The Morgan fingerprint density at radius 3 is 2.61 bits per heavy atom. The number of nitrogens with one attached hydrogen (secondary N) is 1. The third-order valence-corrected chi connectivity index (χ3v) is 9.71. The fourth-order valence-electron chi connectivity index (χ4n) is 6.30. The lowest BCUT2D eigenvalue weighted by atomic mass is 9.56. The first-order valence-corrected chi connectivity index (χ1v) is 14.3. The Kier molecular flexibility index (Phi) is 6.29. The predicted molar refractivity (Wildman–Crippen MR) is 148 cm³/mol. The summed E-state index contributed by atoms with van der Waals surface area (Å²) in [5, 5.41) is 4.40. The normalized spacial score (nSPS) is 20.2. The molecule has 6 rings (SSSR count). The van der Waals surface area contributed by atoms with E-state index in [1.54, 1.807) is 16.8 Å². The summed E-state index contributed by atoms with van der Waals surface area (Å²) in [5.41, 5.74) is 3.21. The molecule has 1 N–H and O–H groups in total. The molecule has 8 heteroatoms. The molecule has 0 amide bonds. The van der Waals surface area contributed by atoms with E-state index in [0.29, 0.717) is 17.0 Å². The number of halogens is 1. The van der Waals surface area contributed by atoms with Crippen LogP contribution in [0.1, 0.15) is 64.0 Å². The number of hydrogen-bond donors (Lipinski definition) is 1. The van der Waals surface area contributed by atoms with E-state index in [9.17, 15) is 4.79 Å². The summed E-state index contributed by atoms with van der Waals surface area (Å²) in [4.78, 5) is 23.4. The maximum Gasteiger partial charge on any atom is 0.271 e. The summed E-state index contributed by atoms with van der Waals surface area (Å²) in [6.07, 6.45) is 8.77. The molecule has 6 nitrogen and oxygen atoms in total. The van der Waals surface area contributed by atoms with Gasteiger partial charge in [0.1, 0.15) is 10.7 Å². The van der Waals surface area contributed by atoms with Crippen LogP contribution < -0.4 is 10.9 Å². The SMILES string of the molecule is Cc1cc(SN2CC3(CC(C(C)C)C3)C2)ccc1Nc1ncc2cc(Cl)c(=O)n(C3CCCC3)c2n1. The Bertz CT molecular complexity index is 1350. The van der Waals surface area contributed by atoms with Gasteiger partial charge in [-0.3, -0.25) is 9.36 Å². The molecule has 2 saturated carbocycles. The Morgan fingerprint density at radius 1 is 1.17 bits per heavy atom. The Morgan fingerprint density at radius 2 is 1.92 bits per heavy atom. The molecule has 2 aromatic heterocycles. The van der Waals surface area contributed by atoms with Crippen LogP contribution in [0.4, 0.5) is 11.6 Å². The monoisotopic (exact) mass is 523 g/mol. The van der Waals surface area contributed by atoms with Crippen molar-refractivity contribution in [2.24, 2.45) is 17.3 Å². The fourth-order valence-corrected chi connectivity index (χ4v) is 7.84. The number of nitrogens with zero attached hydrogens (tertiary/aromatic N) is 4. The minimum absolute atomic E-state index is 0.149. The van der Waals surface area contributed by atoms with Crippen molar-refractivity contribution in [3.63, 3.8) is 0 Å². The van der Waals surface area contributed by atoms with Crippen molar-refractivity contribution in [2.75, 3.05) is 18.4 Å². The topological polar surface area (TPSA) is 63.1 Å². The van der Waals surface area contributed by atoms with Crippen LogP contribution >= 0.6 is 23.5 Å². The highest BCUT2D eigenvalue weighted by molar-refractivity contribution is 7.97. The van der Waals surface area contributed by atoms with Crippen LogP contribution in [0.25, 0.3) is 11.0 Å². The van der Waals surface area contributed by atoms with Gasteiger partial charge in [-0.15, -0.1) is 0 Å². The lowest BCUT2D eigenvalue weighted by molar-refractivity contribution is -0.0637. The van der Waals surface area contributed by atoms with Crippen LogP contribution in [0, 0.1) is 24.2 Å². The average Bonchev–Trinajstić information content (AvgIpc) is 3.31. The highest BCUT2D eigenvalue weighted by Gasteiger charge is 2.52. The van der Waals surface area contributed by atoms with Gasteiger partial charge in [-0.05, 0) is 91.6 Å². The molecule has 2 aliphatic carbocycles. The van der Waals surface area contributed by atoms with Gasteiger partial charge >= 0.3 is 0 Å². The van der Waals surface area contributed by atoms with Gasteiger partial charge in [0.05, 0.1) is 0 Å². The minimum Gasteiger partial charge on any atom is -0.324 e. The molecule has 0 bridgehead atoms. The van der Waals surface area contributed by atoms with Crippen molar-refractivity contribution in [3.05, 3.63) is 51.4 Å². The van der Waals surface area contributed by atoms with E-state index in [4.69, 9.17) is 16.6 Å². The van der Waals surface area contributed by atoms with Crippen molar-refractivity contribution in [2.45, 2.75) is 70.2 Å². The van der Waals surface area contributed by atoms with Crippen LogP contribution in [-0.2, 0) is 0 Å². The predicted octanol–water partition coefficient (Wildman–Crippen LogP) is 6.99.